The first kappa shape index (κ1) is 18.9. The van der Waals surface area contributed by atoms with Crippen LogP contribution in [0.4, 0.5) is 10.2 Å². The van der Waals surface area contributed by atoms with Gasteiger partial charge in [0.2, 0.25) is 5.91 Å². The molecule has 2 rings (SSSR count). The second-order valence-electron chi connectivity index (χ2n) is 5.58. The van der Waals surface area contributed by atoms with Crippen molar-refractivity contribution < 1.29 is 14.0 Å². The molecule has 0 aliphatic carbocycles. The largest absolute Gasteiger partial charge is 0.306 e. The quantitative estimate of drug-likeness (QED) is 0.567. The second-order valence-corrected chi connectivity index (χ2v) is 5.99. The van der Waals surface area contributed by atoms with Crippen molar-refractivity contribution in [2.24, 2.45) is 0 Å². The fourth-order valence-electron chi connectivity index (χ4n) is 2.20. The third-order valence-electron chi connectivity index (χ3n) is 3.46. The van der Waals surface area contributed by atoms with Crippen LogP contribution in [0.1, 0.15) is 31.7 Å². The number of unbranched alkanes of at least 4 members (excludes halogenated alkanes) is 1. The summed E-state index contributed by atoms with van der Waals surface area (Å²) in [6.45, 7) is 2.24. The highest BCUT2D eigenvalue weighted by Gasteiger charge is 2.06. The number of carbonyl (C=O) groups is 2. The van der Waals surface area contributed by atoms with Crippen molar-refractivity contribution in [3.05, 3.63) is 52.9 Å². The number of rotatable bonds is 8. The molecule has 1 amide bonds. The normalized spacial score (nSPS) is 11.0. The van der Waals surface area contributed by atoms with Crippen LogP contribution in [-0.2, 0) is 16.1 Å². The number of nitrogens with zero attached hydrogens (tertiary/aromatic N) is 2. The highest BCUT2D eigenvalue weighted by atomic mass is 35.5. The first-order chi connectivity index (χ1) is 12.0. The molecule has 25 heavy (non-hydrogen) atoms. The van der Waals surface area contributed by atoms with Crippen LogP contribution in [0.25, 0.3) is 6.08 Å². The summed E-state index contributed by atoms with van der Waals surface area (Å²) in [5.41, 5.74) is 0.162. The van der Waals surface area contributed by atoms with Crippen LogP contribution in [0, 0.1) is 5.82 Å². The maximum absolute atomic E-state index is 13.6. The lowest BCUT2D eigenvalue weighted by Crippen LogP contribution is -2.09. The number of carbonyl (C=O) groups excluding carboxylic acids is 2. The maximum atomic E-state index is 13.6. The van der Waals surface area contributed by atoms with Gasteiger partial charge >= 0.3 is 0 Å². The fourth-order valence-corrected chi connectivity index (χ4v) is 2.42. The average molecular weight is 364 g/mol. The monoisotopic (exact) mass is 363 g/mol. The number of aromatic nitrogens is 2. The van der Waals surface area contributed by atoms with Gasteiger partial charge in [-0.25, -0.2) is 4.39 Å². The van der Waals surface area contributed by atoms with Gasteiger partial charge in [-0.05, 0) is 38.0 Å². The van der Waals surface area contributed by atoms with Crippen LogP contribution in [-0.4, -0.2) is 21.5 Å². The molecule has 0 saturated carbocycles. The Labute approximate surface area is 150 Å². The molecule has 0 bridgehead atoms. The van der Waals surface area contributed by atoms with Crippen molar-refractivity contribution in [1.29, 1.82) is 0 Å². The van der Waals surface area contributed by atoms with Crippen molar-refractivity contribution in [3.8, 4) is 0 Å². The first-order valence-corrected chi connectivity index (χ1v) is 8.29. The first-order valence-electron chi connectivity index (χ1n) is 7.91. The number of Topliss-reactive ketones (excluding diaryl/α,β-unsaturated/α-hetero) is 1. The summed E-state index contributed by atoms with van der Waals surface area (Å²) in [5, 5.41) is 7.06. The Bertz CT molecular complexity index is 766. The molecule has 1 aromatic carbocycles. The van der Waals surface area contributed by atoms with E-state index in [0.29, 0.717) is 18.8 Å². The minimum Gasteiger partial charge on any atom is -0.306 e. The van der Waals surface area contributed by atoms with Gasteiger partial charge in [0.25, 0.3) is 0 Å². The second kappa shape index (κ2) is 9.13. The summed E-state index contributed by atoms with van der Waals surface area (Å²) in [5.74, 6) is -0.344. The predicted octanol–water partition coefficient (Wildman–Crippen LogP) is 4.09. The molecule has 0 spiro atoms. The van der Waals surface area contributed by atoms with Gasteiger partial charge in [-0.1, -0.05) is 17.7 Å². The van der Waals surface area contributed by atoms with Gasteiger partial charge in [-0.2, -0.15) is 5.10 Å². The minimum atomic E-state index is -0.494. The molecule has 7 heteroatoms. The van der Waals surface area contributed by atoms with Crippen LogP contribution in [0.3, 0.4) is 0 Å². The summed E-state index contributed by atoms with van der Waals surface area (Å²) in [6, 6.07) is 6.00. The molecule has 1 N–H and O–H groups in total. The number of hydrogen-bond acceptors (Lipinski definition) is 3. The molecule has 0 atom stereocenters. The van der Waals surface area contributed by atoms with Crippen molar-refractivity contribution in [2.45, 2.75) is 32.7 Å². The van der Waals surface area contributed by atoms with Gasteiger partial charge in [-0.15, -0.1) is 0 Å². The predicted molar refractivity (Wildman–Crippen MR) is 95.8 cm³/mol. The smallest absolute Gasteiger partial charge is 0.249 e. The molecule has 1 heterocycles. The Balaban J connectivity index is 1.87. The van der Waals surface area contributed by atoms with Crippen molar-refractivity contribution in [1.82, 2.24) is 9.78 Å². The Morgan fingerprint density at radius 2 is 2.12 bits per heavy atom. The maximum Gasteiger partial charge on any atom is 0.249 e. The molecule has 0 aliphatic rings. The topological polar surface area (TPSA) is 64.0 Å². The summed E-state index contributed by atoms with van der Waals surface area (Å²) in [6.07, 6.45) is 6.49. The summed E-state index contributed by atoms with van der Waals surface area (Å²) < 4.78 is 15.3. The molecule has 0 aliphatic heterocycles. The number of hydrogen-bond donors (Lipinski definition) is 1. The van der Waals surface area contributed by atoms with Gasteiger partial charge in [0.05, 0.1) is 5.02 Å². The van der Waals surface area contributed by atoms with Gasteiger partial charge in [0, 0.05) is 36.9 Å². The van der Waals surface area contributed by atoms with E-state index in [4.69, 9.17) is 11.6 Å². The van der Waals surface area contributed by atoms with Crippen LogP contribution in [0.5, 0.6) is 0 Å². The summed E-state index contributed by atoms with van der Waals surface area (Å²) in [7, 11) is 0. The Morgan fingerprint density at radius 1 is 1.32 bits per heavy atom. The number of aryl methyl sites for hydroxylation is 1. The lowest BCUT2D eigenvalue weighted by Gasteiger charge is -2.01. The molecular weight excluding hydrogens is 345 g/mol. The zero-order chi connectivity index (χ0) is 18.2. The van der Waals surface area contributed by atoms with Crippen LogP contribution in [0.2, 0.25) is 5.02 Å². The van der Waals surface area contributed by atoms with E-state index in [2.05, 4.69) is 10.4 Å². The van der Waals surface area contributed by atoms with E-state index >= 15 is 0 Å². The van der Waals surface area contributed by atoms with Crippen molar-refractivity contribution in [2.75, 3.05) is 5.32 Å². The number of ketones is 1. The SMILES string of the molecule is CC(=O)CCCCn1ccc(NC(=O)C=Cc2c(F)cccc2Cl)n1. The molecule has 0 fully saturated rings. The lowest BCUT2D eigenvalue weighted by atomic mass is 10.2. The third-order valence-corrected chi connectivity index (χ3v) is 3.79. The number of anilines is 1. The van der Waals surface area contributed by atoms with Crippen molar-refractivity contribution in [3.63, 3.8) is 0 Å². The van der Waals surface area contributed by atoms with E-state index in [-0.39, 0.29) is 16.4 Å². The van der Waals surface area contributed by atoms with Gasteiger partial charge in [0.15, 0.2) is 5.82 Å². The average Bonchev–Trinajstić information content (AvgIpc) is 2.98. The minimum absolute atomic E-state index is 0.162. The Hall–Kier alpha value is -2.47. The zero-order valence-electron chi connectivity index (χ0n) is 13.8. The molecule has 2 aromatic rings. The number of amides is 1. The van der Waals surface area contributed by atoms with E-state index in [1.54, 1.807) is 29.9 Å². The Morgan fingerprint density at radius 3 is 2.84 bits per heavy atom. The number of halogens is 2. The molecule has 0 saturated heterocycles. The van der Waals surface area contributed by atoms with Crippen molar-refractivity contribution >= 4 is 35.2 Å². The van der Waals surface area contributed by atoms with Gasteiger partial charge in [0.1, 0.15) is 11.6 Å². The molecule has 0 unspecified atom stereocenters. The van der Waals surface area contributed by atoms with E-state index < -0.39 is 11.7 Å². The van der Waals surface area contributed by atoms with E-state index in [1.165, 1.54) is 24.3 Å². The van der Waals surface area contributed by atoms with Crippen LogP contribution < -0.4 is 5.32 Å². The molecule has 5 nitrogen and oxygen atoms in total. The standard InChI is InChI=1S/C18H19ClFN3O2/c1-13(24)5-2-3-11-23-12-10-17(22-23)21-18(25)9-8-14-15(19)6-4-7-16(14)20/h4,6-10,12H,2-3,5,11H2,1H3,(H,21,22,25). The van der Waals surface area contributed by atoms with E-state index in [0.717, 1.165) is 12.8 Å². The lowest BCUT2D eigenvalue weighted by molar-refractivity contribution is -0.117. The van der Waals surface area contributed by atoms with Gasteiger partial charge < -0.3 is 10.1 Å². The molecule has 0 radical (unpaired) electrons. The molecule has 132 valence electrons. The van der Waals surface area contributed by atoms with Crippen LogP contribution >= 0.6 is 11.6 Å². The summed E-state index contributed by atoms with van der Waals surface area (Å²) in [4.78, 5) is 22.8. The van der Waals surface area contributed by atoms with E-state index in [1.807, 2.05) is 0 Å². The number of benzene rings is 1. The van der Waals surface area contributed by atoms with E-state index in [9.17, 15) is 14.0 Å². The molecule has 1 aromatic heterocycles. The zero-order valence-corrected chi connectivity index (χ0v) is 14.6. The molecular formula is C18H19ClFN3O2. The summed E-state index contributed by atoms with van der Waals surface area (Å²) >= 11 is 5.90. The highest BCUT2D eigenvalue weighted by Crippen LogP contribution is 2.20. The van der Waals surface area contributed by atoms with Crippen LogP contribution in [0.15, 0.2) is 36.5 Å². The Kier molecular flexibility index (Phi) is 6.89. The fraction of sp³-hybridized carbons (Fsp3) is 0.278. The number of nitrogens with one attached hydrogen (secondary N) is 1. The van der Waals surface area contributed by atoms with Gasteiger partial charge in [-0.3, -0.25) is 9.48 Å². The highest BCUT2D eigenvalue weighted by molar-refractivity contribution is 6.32. The third kappa shape index (κ3) is 6.15.